The van der Waals surface area contributed by atoms with Crippen LogP contribution in [0.1, 0.15) is 0 Å². The third-order valence-corrected chi connectivity index (χ3v) is 2.16. The third-order valence-electron chi connectivity index (χ3n) is 2.16. The van der Waals surface area contributed by atoms with Crippen molar-refractivity contribution in [2.75, 3.05) is 10.9 Å². The van der Waals surface area contributed by atoms with Crippen LogP contribution in [0, 0.1) is 12.1 Å². The summed E-state index contributed by atoms with van der Waals surface area (Å²) in [6, 6.07) is 23.7. The molecule has 0 aromatic heterocycles. The Bertz CT molecular complexity index is 569. The van der Waals surface area contributed by atoms with Gasteiger partial charge in [0.2, 0.25) is 0 Å². The fourth-order valence-electron chi connectivity index (χ4n) is 1.29. The smallest absolute Gasteiger partial charge is 0.0867 e. The lowest BCUT2D eigenvalue weighted by molar-refractivity contribution is 1.13. The minimum atomic E-state index is 0.838. The van der Waals surface area contributed by atoms with E-state index in [2.05, 4.69) is 43.6 Å². The van der Waals surface area contributed by atoms with E-state index in [-0.39, 0.29) is 0 Å². The highest BCUT2D eigenvalue weighted by atomic mass is 15.4. The molecular formula is C14H12N6. The van der Waals surface area contributed by atoms with Crippen molar-refractivity contribution in [1.82, 2.24) is 0 Å². The van der Waals surface area contributed by atoms with E-state index in [0.717, 1.165) is 11.4 Å². The molecule has 0 radical (unpaired) electrons. The first-order chi connectivity index (χ1) is 9.95. The van der Waals surface area contributed by atoms with Gasteiger partial charge in [0.1, 0.15) is 0 Å². The van der Waals surface area contributed by atoms with E-state index in [1.807, 2.05) is 60.7 Å². The molecule has 0 heterocycles. The second-order valence-corrected chi connectivity index (χ2v) is 3.58. The van der Waals surface area contributed by atoms with Crippen molar-refractivity contribution in [2.24, 2.45) is 20.7 Å². The van der Waals surface area contributed by atoms with Crippen LogP contribution in [0.25, 0.3) is 0 Å². The van der Waals surface area contributed by atoms with E-state index in [1.165, 1.54) is 0 Å². The summed E-state index contributed by atoms with van der Waals surface area (Å²) in [6.07, 6.45) is 0. The molecule has 0 saturated heterocycles. The van der Waals surface area contributed by atoms with E-state index < -0.39 is 0 Å². The lowest BCUT2D eigenvalue weighted by atomic mass is 10.3. The zero-order valence-corrected chi connectivity index (χ0v) is 10.6. The van der Waals surface area contributed by atoms with Gasteiger partial charge in [0, 0.05) is 0 Å². The number of benzene rings is 2. The Hall–Kier alpha value is -3.20. The summed E-state index contributed by atoms with van der Waals surface area (Å²) in [7, 11) is 0. The molecule has 2 rings (SSSR count). The Labute approximate surface area is 116 Å². The fourth-order valence-corrected chi connectivity index (χ4v) is 1.29. The van der Waals surface area contributed by atoms with Gasteiger partial charge in [-0.05, 0) is 24.3 Å². The molecule has 0 atom stereocenters. The van der Waals surface area contributed by atoms with Crippen molar-refractivity contribution in [2.45, 2.75) is 0 Å². The van der Waals surface area contributed by atoms with Gasteiger partial charge in [-0.2, -0.15) is 0 Å². The monoisotopic (exact) mass is 264 g/mol. The van der Waals surface area contributed by atoms with Crippen LogP contribution in [0.2, 0.25) is 0 Å². The molecule has 0 spiro atoms. The van der Waals surface area contributed by atoms with Gasteiger partial charge in [-0.1, -0.05) is 57.1 Å². The molecular weight excluding hydrogens is 252 g/mol. The second kappa shape index (κ2) is 8.00. The van der Waals surface area contributed by atoms with Crippen LogP contribution in [-0.2, 0) is 0 Å². The van der Waals surface area contributed by atoms with Crippen LogP contribution in [0.3, 0.4) is 0 Å². The molecule has 98 valence electrons. The van der Waals surface area contributed by atoms with Crippen molar-refractivity contribution in [3.05, 3.63) is 60.7 Å². The third kappa shape index (κ3) is 4.98. The predicted molar refractivity (Wildman–Crippen MR) is 77.6 cm³/mol. The van der Waals surface area contributed by atoms with Crippen molar-refractivity contribution in [3.8, 4) is 12.1 Å². The Balaban J connectivity index is 1.72. The number of rotatable bonds is 4. The topological polar surface area (TPSA) is 73.5 Å². The molecule has 6 heteroatoms. The Morgan fingerprint density at radius 2 is 1.00 bits per heavy atom. The standard InChI is InChI=1S/C14H12N6/c1-3-7-13(8-4-1)17-19-15-11-12-16-20-18-14-9-5-2-6-10-14/h1-10H,(H,15,17)(H,16,18). The van der Waals surface area contributed by atoms with Crippen molar-refractivity contribution < 1.29 is 0 Å². The van der Waals surface area contributed by atoms with E-state index in [1.54, 1.807) is 0 Å². The van der Waals surface area contributed by atoms with Gasteiger partial charge in [0.05, 0.1) is 23.5 Å². The first-order valence-electron chi connectivity index (χ1n) is 5.87. The maximum absolute atomic E-state index is 3.68. The molecule has 0 bridgehead atoms. The number of nitrogens with zero attached hydrogens (tertiary/aromatic N) is 4. The number of anilines is 2. The summed E-state index contributed by atoms with van der Waals surface area (Å²) in [5.41, 5.74) is 7.14. The van der Waals surface area contributed by atoms with Crippen LogP contribution in [0.4, 0.5) is 11.4 Å². The van der Waals surface area contributed by atoms with Gasteiger partial charge in [-0.3, -0.25) is 10.9 Å². The summed E-state index contributed by atoms with van der Waals surface area (Å²) in [5, 5.41) is 14.5. The highest BCUT2D eigenvalue weighted by molar-refractivity contribution is 5.41. The van der Waals surface area contributed by atoms with E-state index in [4.69, 9.17) is 0 Å². The molecule has 0 unspecified atom stereocenters. The first kappa shape index (κ1) is 13.2. The number of hydrogen-bond donors (Lipinski definition) is 2. The van der Waals surface area contributed by atoms with Crippen LogP contribution in [0.5, 0.6) is 0 Å². The summed E-state index contributed by atoms with van der Waals surface area (Å²) >= 11 is 0. The predicted octanol–water partition coefficient (Wildman–Crippen LogP) is 3.86. The Kier molecular flexibility index (Phi) is 5.29. The van der Waals surface area contributed by atoms with Gasteiger partial charge >= 0.3 is 0 Å². The lowest BCUT2D eigenvalue weighted by Gasteiger charge is -1.94. The Morgan fingerprint density at radius 1 is 0.600 bits per heavy atom. The van der Waals surface area contributed by atoms with Crippen LogP contribution in [0.15, 0.2) is 81.3 Å². The summed E-state index contributed by atoms with van der Waals surface area (Å²) in [4.78, 5) is 0. The summed E-state index contributed by atoms with van der Waals surface area (Å²) in [6.45, 7) is 0. The normalized spacial score (nSPS) is 10.2. The van der Waals surface area contributed by atoms with E-state index in [0.29, 0.717) is 0 Å². The minimum Gasteiger partial charge on any atom is -0.259 e. The average Bonchev–Trinajstić information content (AvgIpc) is 2.52. The average molecular weight is 264 g/mol. The fraction of sp³-hybridized carbons (Fsp3) is 0. The van der Waals surface area contributed by atoms with Crippen molar-refractivity contribution in [1.29, 1.82) is 0 Å². The van der Waals surface area contributed by atoms with Gasteiger partial charge in [-0.25, -0.2) is 0 Å². The molecule has 0 fully saturated rings. The molecule has 6 nitrogen and oxygen atoms in total. The molecule has 0 saturated carbocycles. The second-order valence-electron chi connectivity index (χ2n) is 3.58. The van der Waals surface area contributed by atoms with Crippen molar-refractivity contribution >= 4 is 11.4 Å². The van der Waals surface area contributed by atoms with Gasteiger partial charge in [0.25, 0.3) is 0 Å². The van der Waals surface area contributed by atoms with Crippen LogP contribution in [-0.4, -0.2) is 0 Å². The summed E-state index contributed by atoms with van der Waals surface area (Å²) < 4.78 is 0. The maximum Gasteiger partial charge on any atom is 0.0867 e. The molecule has 0 aliphatic carbocycles. The molecule has 0 amide bonds. The number of hydrogen-bond acceptors (Lipinski definition) is 4. The number of para-hydroxylation sites is 2. The van der Waals surface area contributed by atoms with E-state index >= 15 is 0 Å². The lowest BCUT2D eigenvalue weighted by Crippen LogP contribution is -1.84. The molecule has 0 aliphatic heterocycles. The summed E-state index contributed by atoms with van der Waals surface area (Å²) in [5.74, 6) is 0. The molecule has 2 aromatic carbocycles. The van der Waals surface area contributed by atoms with Gasteiger partial charge in [0.15, 0.2) is 0 Å². The maximum atomic E-state index is 3.68. The molecule has 0 aliphatic rings. The highest BCUT2D eigenvalue weighted by Gasteiger charge is 1.84. The minimum absolute atomic E-state index is 0.838. The SMILES string of the molecule is C(#CN=NNc1ccccc1)N=NNc1ccccc1. The quantitative estimate of drug-likeness (QED) is 0.500. The van der Waals surface area contributed by atoms with E-state index in [9.17, 15) is 0 Å². The van der Waals surface area contributed by atoms with Crippen LogP contribution >= 0.6 is 0 Å². The molecule has 2 N–H and O–H groups in total. The van der Waals surface area contributed by atoms with Crippen molar-refractivity contribution in [3.63, 3.8) is 0 Å². The molecule has 2 aromatic rings. The zero-order chi connectivity index (χ0) is 13.9. The molecule has 20 heavy (non-hydrogen) atoms. The largest absolute Gasteiger partial charge is 0.259 e. The highest BCUT2D eigenvalue weighted by Crippen LogP contribution is 2.04. The first-order valence-corrected chi connectivity index (χ1v) is 5.87. The Morgan fingerprint density at radius 3 is 1.40 bits per heavy atom. The van der Waals surface area contributed by atoms with Gasteiger partial charge < -0.3 is 0 Å². The zero-order valence-electron chi connectivity index (χ0n) is 10.6. The number of nitrogens with one attached hydrogen (secondary N) is 2. The van der Waals surface area contributed by atoms with Crippen LogP contribution < -0.4 is 10.9 Å². The van der Waals surface area contributed by atoms with Gasteiger partial charge in [-0.15, -0.1) is 0 Å².